The van der Waals surface area contributed by atoms with E-state index in [-0.39, 0.29) is 12.5 Å². The molecular weight excluding hydrogens is 218 g/mol. The van der Waals surface area contributed by atoms with Crippen molar-refractivity contribution in [3.63, 3.8) is 0 Å². The van der Waals surface area contributed by atoms with E-state index in [2.05, 4.69) is 15.3 Å². The topological polar surface area (TPSA) is 84.1 Å². The molecule has 0 aliphatic carbocycles. The van der Waals surface area contributed by atoms with Gasteiger partial charge in [-0.05, 0) is 19.8 Å². The summed E-state index contributed by atoms with van der Waals surface area (Å²) in [7, 11) is 0. The number of anilines is 2. The summed E-state index contributed by atoms with van der Waals surface area (Å²) in [5.74, 6) is 1.18. The van der Waals surface area contributed by atoms with Crippen molar-refractivity contribution in [3.05, 3.63) is 11.9 Å². The number of nitrogens with two attached hydrogens (primary N) is 1. The molecule has 0 atom stereocenters. The van der Waals surface area contributed by atoms with Crippen molar-refractivity contribution in [1.29, 1.82) is 0 Å². The summed E-state index contributed by atoms with van der Waals surface area (Å²) in [6.45, 7) is 3.83. The second-order valence-corrected chi connectivity index (χ2v) is 4.17. The summed E-state index contributed by atoms with van der Waals surface area (Å²) >= 11 is 0. The van der Waals surface area contributed by atoms with Crippen LogP contribution in [0.5, 0.6) is 0 Å². The monoisotopic (exact) mass is 235 g/mol. The lowest BCUT2D eigenvalue weighted by Gasteiger charge is -2.16. The summed E-state index contributed by atoms with van der Waals surface area (Å²) in [6.07, 6.45) is 3.60. The van der Waals surface area contributed by atoms with Gasteiger partial charge in [0.15, 0.2) is 0 Å². The van der Waals surface area contributed by atoms with Gasteiger partial charge in [0, 0.05) is 18.7 Å². The predicted octanol–water partition coefficient (Wildman–Crippen LogP) is 0.402. The Balaban J connectivity index is 1.93. The lowest BCUT2D eigenvalue weighted by atomic mass is 10.3. The lowest BCUT2D eigenvalue weighted by Crippen LogP contribution is -2.33. The van der Waals surface area contributed by atoms with E-state index in [1.807, 2.05) is 11.8 Å². The molecule has 6 heteroatoms. The maximum Gasteiger partial charge on any atom is 0.241 e. The first-order valence-electron chi connectivity index (χ1n) is 5.77. The Morgan fingerprint density at radius 1 is 1.47 bits per heavy atom. The summed E-state index contributed by atoms with van der Waals surface area (Å²) < 4.78 is 0. The van der Waals surface area contributed by atoms with E-state index in [1.54, 1.807) is 0 Å². The molecule has 3 N–H and O–H groups in total. The average Bonchev–Trinajstić information content (AvgIpc) is 2.84. The first kappa shape index (κ1) is 11.6. The first-order chi connectivity index (χ1) is 8.18. The van der Waals surface area contributed by atoms with Gasteiger partial charge in [-0.3, -0.25) is 4.79 Å². The van der Waals surface area contributed by atoms with Crippen LogP contribution in [0.4, 0.5) is 11.6 Å². The minimum atomic E-state index is 0.110. The van der Waals surface area contributed by atoms with Crippen LogP contribution in [-0.2, 0) is 4.79 Å². The Morgan fingerprint density at radius 3 is 2.88 bits per heavy atom. The molecule has 1 saturated heterocycles. The third-order valence-corrected chi connectivity index (χ3v) is 2.99. The number of amides is 1. The van der Waals surface area contributed by atoms with Crippen molar-refractivity contribution in [2.24, 2.45) is 0 Å². The molecule has 1 aliphatic heterocycles. The molecule has 1 aliphatic rings. The Hall–Kier alpha value is -1.85. The molecule has 0 aromatic carbocycles. The fraction of sp³-hybridized carbons (Fsp3) is 0.545. The number of aromatic nitrogens is 2. The van der Waals surface area contributed by atoms with Gasteiger partial charge >= 0.3 is 0 Å². The summed E-state index contributed by atoms with van der Waals surface area (Å²) in [6, 6.07) is 0. The van der Waals surface area contributed by atoms with E-state index in [0.717, 1.165) is 31.5 Å². The highest BCUT2D eigenvalue weighted by Gasteiger charge is 2.17. The smallest absolute Gasteiger partial charge is 0.241 e. The van der Waals surface area contributed by atoms with Crippen LogP contribution < -0.4 is 11.1 Å². The molecule has 0 radical (unpaired) electrons. The molecular formula is C11H17N5O. The van der Waals surface area contributed by atoms with E-state index < -0.39 is 0 Å². The summed E-state index contributed by atoms with van der Waals surface area (Å²) in [4.78, 5) is 21.6. The molecule has 92 valence electrons. The Kier molecular flexibility index (Phi) is 3.41. The highest BCUT2D eigenvalue weighted by molar-refractivity contribution is 5.81. The van der Waals surface area contributed by atoms with Crippen LogP contribution in [0.15, 0.2) is 6.33 Å². The molecule has 1 aromatic rings. The predicted molar refractivity (Wildman–Crippen MR) is 65.5 cm³/mol. The fourth-order valence-electron chi connectivity index (χ4n) is 1.88. The van der Waals surface area contributed by atoms with Crippen molar-refractivity contribution in [2.45, 2.75) is 19.8 Å². The van der Waals surface area contributed by atoms with Crippen molar-refractivity contribution in [1.82, 2.24) is 14.9 Å². The van der Waals surface area contributed by atoms with E-state index in [0.29, 0.717) is 11.6 Å². The zero-order valence-electron chi connectivity index (χ0n) is 9.94. The van der Waals surface area contributed by atoms with E-state index in [4.69, 9.17) is 5.73 Å². The van der Waals surface area contributed by atoms with Crippen LogP contribution in [0.2, 0.25) is 0 Å². The highest BCUT2D eigenvalue weighted by Crippen LogP contribution is 2.15. The maximum atomic E-state index is 11.8. The Labute approximate surface area is 100 Å². The van der Waals surface area contributed by atoms with E-state index in [9.17, 15) is 4.79 Å². The quantitative estimate of drug-likeness (QED) is 0.792. The van der Waals surface area contributed by atoms with Crippen LogP contribution in [0.25, 0.3) is 0 Å². The van der Waals surface area contributed by atoms with Crippen LogP contribution in [-0.4, -0.2) is 40.4 Å². The zero-order chi connectivity index (χ0) is 12.3. The zero-order valence-corrected chi connectivity index (χ0v) is 9.94. The summed E-state index contributed by atoms with van der Waals surface area (Å²) in [5.41, 5.74) is 6.44. The fourth-order valence-corrected chi connectivity index (χ4v) is 1.88. The second-order valence-electron chi connectivity index (χ2n) is 4.17. The third-order valence-electron chi connectivity index (χ3n) is 2.99. The number of nitrogens with zero attached hydrogens (tertiary/aromatic N) is 3. The molecule has 2 rings (SSSR count). The molecule has 1 amide bonds. The number of carbonyl (C=O) groups excluding carboxylic acids is 1. The maximum absolute atomic E-state index is 11.8. The number of hydrogen-bond acceptors (Lipinski definition) is 5. The lowest BCUT2D eigenvalue weighted by molar-refractivity contribution is -0.128. The van der Waals surface area contributed by atoms with Crippen LogP contribution >= 0.6 is 0 Å². The van der Waals surface area contributed by atoms with Crippen molar-refractivity contribution in [2.75, 3.05) is 30.7 Å². The van der Waals surface area contributed by atoms with Gasteiger partial charge in [0.2, 0.25) is 5.91 Å². The minimum absolute atomic E-state index is 0.110. The molecule has 0 saturated carbocycles. The van der Waals surface area contributed by atoms with Gasteiger partial charge in [-0.2, -0.15) is 0 Å². The number of nitrogens with one attached hydrogen (secondary N) is 1. The van der Waals surface area contributed by atoms with E-state index in [1.165, 1.54) is 6.33 Å². The van der Waals surface area contributed by atoms with Crippen molar-refractivity contribution in [3.8, 4) is 0 Å². The van der Waals surface area contributed by atoms with E-state index >= 15 is 0 Å². The molecule has 2 heterocycles. The van der Waals surface area contributed by atoms with Crippen LogP contribution in [0.1, 0.15) is 18.4 Å². The molecule has 0 bridgehead atoms. The molecule has 6 nitrogen and oxygen atoms in total. The van der Waals surface area contributed by atoms with Crippen LogP contribution in [0.3, 0.4) is 0 Å². The number of hydrogen-bond donors (Lipinski definition) is 2. The highest BCUT2D eigenvalue weighted by atomic mass is 16.2. The molecule has 1 fully saturated rings. The molecule has 17 heavy (non-hydrogen) atoms. The number of rotatable bonds is 3. The average molecular weight is 235 g/mol. The van der Waals surface area contributed by atoms with Gasteiger partial charge < -0.3 is 16.0 Å². The normalized spacial score (nSPS) is 15.0. The third kappa shape index (κ3) is 2.64. The molecule has 0 spiro atoms. The Morgan fingerprint density at radius 2 is 2.18 bits per heavy atom. The first-order valence-corrected chi connectivity index (χ1v) is 5.77. The van der Waals surface area contributed by atoms with Gasteiger partial charge in [-0.15, -0.1) is 0 Å². The second kappa shape index (κ2) is 4.99. The molecule has 1 aromatic heterocycles. The minimum Gasteiger partial charge on any atom is -0.383 e. The Bertz CT molecular complexity index is 414. The van der Waals surface area contributed by atoms with Crippen molar-refractivity contribution >= 4 is 17.5 Å². The number of carbonyl (C=O) groups is 1. The van der Waals surface area contributed by atoms with Crippen LogP contribution in [0, 0.1) is 6.92 Å². The number of likely N-dealkylation sites (tertiary alicyclic amines) is 1. The molecule has 0 unspecified atom stereocenters. The van der Waals surface area contributed by atoms with Gasteiger partial charge in [0.25, 0.3) is 0 Å². The van der Waals surface area contributed by atoms with Crippen molar-refractivity contribution < 1.29 is 4.79 Å². The van der Waals surface area contributed by atoms with Gasteiger partial charge in [0.1, 0.15) is 18.0 Å². The van der Waals surface area contributed by atoms with Gasteiger partial charge in [-0.25, -0.2) is 9.97 Å². The standard InChI is InChI=1S/C11H17N5O/c1-8-10(12)14-7-15-11(8)13-6-9(17)16-4-2-3-5-16/h7H,2-6H2,1H3,(H3,12,13,14,15). The van der Waals surface area contributed by atoms with Gasteiger partial charge in [0.05, 0.1) is 6.54 Å². The number of nitrogen functional groups attached to an aromatic ring is 1. The largest absolute Gasteiger partial charge is 0.383 e. The van der Waals surface area contributed by atoms with Gasteiger partial charge in [-0.1, -0.05) is 0 Å². The SMILES string of the molecule is Cc1c(N)ncnc1NCC(=O)N1CCCC1. The summed E-state index contributed by atoms with van der Waals surface area (Å²) in [5, 5.41) is 3.01.